The molecule has 1 atom stereocenters. The van der Waals surface area contributed by atoms with Gasteiger partial charge < -0.3 is 15.2 Å². The van der Waals surface area contributed by atoms with Gasteiger partial charge in [-0.25, -0.2) is 15.0 Å². The van der Waals surface area contributed by atoms with Crippen LogP contribution in [0.4, 0.5) is 5.82 Å². The van der Waals surface area contributed by atoms with Gasteiger partial charge in [0.05, 0.1) is 11.2 Å². The fourth-order valence-corrected chi connectivity index (χ4v) is 3.88. The first-order chi connectivity index (χ1) is 14.5. The highest BCUT2D eigenvalue weighted by Gasteiger charge is 2.33. The van der Waals surface area contributed by atoms with Crippen molar-refractivity contribution in [2.45, 2.75) is 19.3 Å². The summed E-state index contributed by atoms with van der Waals surface area (Å²) in [6, 6.07) is 11.7. The third kappa shape index (κ3) is 2.97. The number of amides is 1. The van der Waals surface area contributed by atoms with Crippen LogP contribution in [0.1, 0.15) is 23.7 Å². The van der Waals surface area contributed by atoms with E-state index in [1.807, 2.05) is 43.3 Å². The molecule has 3 aromatic heterocycles. The minimum absolute atomic E-state index is 0.0714. The fraction of sp³-hybridized carbons (Fsp3) is 0.227. The normalized spacial score (nSPS) is 16.5. The number of hydrogen-bond acceptors (Lipinski definition) is 7. The van der Waals surface area contributed by atoms with Crippen LogP contribution in [-0.2, 0) is 4.79 Å². The molecule has 2 N–H and O–H groups in total. The van der Waals surface area contributed by atoms with Crippen molar-refractivity contribution < 1.29 is 9.32 Å². The quantitative estimate of drug-likeness (QED) is 0.562. The highest BCUT2D eigenvalue weighted by atomic mass is 16.5. The lowest BCUT2D eigenvalue weighted by Gasteiger charge is -2.08. The average Bonchev–Trinajstić information content (AvgIpc) is 3.36. The van der Waals surface area contributed by atoms with Crippen LogP contribution in [-0.4, -0.2) is 44.5 Å². The summed E-state index contributed by atoms with van der Waals surface area (Å²) in [5, 5.41) is 4.20. The molecule has 1 aromatic carbocycles. The Hall–Kier alpha value is -3.81. The summed E-state index contributed by atoms with van der Waals surface area (Å²) in [6.45, 7) is 2.71. The maximum Gasteiger partial charge on any atom is 0.233 e. The Morgan fingerprint density at radius 3 is 2.67 bits per heavy atom. The zero-order valence-corrected chi connectivity index (χ0v) is 16.7. The first-order valence-corrected chi connectivity index (χ1v) is 9.71. The van der Waals surface area contributed by atoms with Crippen molar-refractivity contribution in [3.8, 4) is 22.5 Å². The number of nitrogens with zero attached hydrogens (tertiary/aromatic N) is 5. The molecule has 5 rings (SSSR count). The molecular weight excluding hydrogens is 380 g/mol. The lowest BCUT2D eigenvalue weighted by atomic mass is 10.0. The van der Waals surface area contributed by atoms with E-state index >= 15 is 0 Å². The van der Waals surface area contributed by atoms with E-state index in [9.17, 15) is 4.79 Å². The summed E-state index contributed by atoms with van der Waals surface area (Å²) in [7, 11) is 1.80. The number of anilines is 1. The summed E-state index contributed by atoms with van der Waals surface area (Å²) in [4.78, 5) is 27.0. The van der Waals surface area contributed by atoms with E-state index in [4.69, 9.17) is 10.3 Å². The molecule has 0 aliphatic carbocycles. The Bertz CT molecular complexity index is 1280. The van der Waals surface area contributed by atoms with E-state index in [0.29, 0.717) is 22.8 Å². The average molecular weight is 400 g/mol. The predicted octanol–water partition coefficient (Wildman–Crippen LogP) is 3.18. The number of aromatic nitrogens is 4. The minimum Gasteiger partial charge on any atom is -0.382 e. The number of likely N-dealkylation sites (N-methyl/N-ethyl adjacent to an activating group) is 1. The van der Waals surface area contributed by atoms with Crippen LogP contribution in [0.3, 0.4) is 0 Å². The summed E-state index contributed by atoms with van der Waals surface area (Å²) in [6.07, 6.45) is 2.19. The van der Waals surface area contributed by atoms with E-state index < -0.39 is 0 Å². The van der Waals surface area contributed by atoms with Gasteiger partial charge in [0.25, 0.3) is 0 Å². The lowest BCUT2D eigenvalue weighted by Crippen LogP contribution is -2.21. The smallest absolute Gasteiger partial charge is 0.233 e. The Morgan fingerprint density at radius 2 is 1.90 bits per heavy atom. The van der Waals surface area contributed by atoms with Crippen LogP contribution < -0.4 is 5.73 Å². The number of fused-ring (bicyclic) bond motifs is 1. The number of aryl methyl sites for hydroxylation is 1. The van der Waals surface area contributed by atoms with Crippen molar-refractivity contribution in [1.29, 1.82) is 0 Å². The molecule has 8 nitrogen and oxygen atoms in total. The Balaban J connectivity index is 1.52. The number of hydrogen-bond donors (Lipinski definition) is 1. The van der Waals surface area contributed by atoms with Gasteiger partial charge in [0.2, 0.25) is 5.91 Å². The predicted molar refractivity (Wildman–Crippen MR) is 112 cm³/mol. The molecule has 1 aliphatic heterocycles. The van der Waals surface area contributed by atoms with Crippen LogP contribution >= 0.6 is 0 Å². The standard InChI is InChI=1S/C22H20N6O2/c1-12-8-16(26-20-19(12)24-11-25-21(20)23)13-4-3-5-14(9-13)17-10-18(30-27-17)15-6-7-28(2)22(15)29/h3-5,8-11,15H,6-7H2,1-2H3,(H2,23,24,25). The summed E-state index contributed by atoms with van der Waals surface area (Å²) in [5.74, 6) is 0.775. The van der Waals surface area contributed by atoms with Crippen molar-refractivity contribution in [2.75, 3.05) is 19.3 Å². The van der Waals surface area contributed by atoms with Gasteiger partial charge in [-0.2, -0.15) is 0 Å². The molecule has 1 saturated heterocycles. The molecule has 150 valence electrons. The lowest BCUT2D eigenvalue weighted by molar-refractivity contribution is -0.128. The summed E-state index contributed by atoms with van der Waals surface area (Å²) < 4.78 is 5.51. The number of likely N-dealkylation sites (tertiary alicyclic amines) is 1. The summed E-state index contributed by atoms with van der Waals surface area (Å²) in [5.41, 5.74) is 11.6. The van der Waals surface area contributed by atoms with Gasteiger partial charge in [-0.1, -0.05) is 23.4 Å². The topological polar surface area (TPSA) is 111 Å². The Labute approximate surface area is 172 Å². The Kier molecular flexibility index (Phi) is 4.20. The van der Waals surface area contributed by atoms with Crippen molar-refractivity contribution >= 4 is 22.8 Å². The van der Waals surface area contributed by atoms with Crippen LogP contribution in [0.25, 0.3) is 33.5 Å². The van der Waals surface area contributed by atoms with Gasteiger partial charge in [0.1, 0.15) is 29.2 Å². The van der Waals surface area contributed by atoms with Crippen LogP contribution in [0, 0.1) is 6.92 Å². The van der Waals surface area contributed by atoms with Crippen molar-refractivity contribution in [3.05, 3.63) is 54.0 Å². The van der Waals surface area contributed by atoms with E-state index in [-0.39, 0.29) is 11.8 Å². The maximum atomic E-state index is 12.3. The molecule has 0 radical (unpaired) electrons. The molecule has 0 saturated carbocycles. The second kappa shape index (κ2) is 6.91. The molecule has 0 bridgehead atoms. The molecule has 30 heavy (non-hydrogen) atoms. The fourth-order valence-electron chi connectivity index (χ4n) is 3.88. The summed E-state index contributed by atoms with van der Waals surface area (Å²) >= 11 is 0. The molecule has 4 heterocycles. The molecule has 1 unspecified atom stereocenters. The number of rotatable bonds is 3. The monoisotopic (exact) mass is 400 g/mol. The number of pyridine rings is 1. The maximum absolute atomic E-state index is 12.3. The van der Waals surface area contributed by atoms with Crippen molar-refractivity contribution in [3.63, 3.8) is 0 Å². The molecule has 1 aliphatic rings. The van der Waals surface area contributed by atoms with Crippen LogP contribution in [0.5, 0.6) is 0 Å². The Morgan fingerprint density at radius 1 is 1.10 bits per heavy atom. The highest BCUT2D eigenvalue weighted by molar-refractivity contribution is 5.89. The number of nitrogen functional groups attached to an aromatic ring is 1. The van der Waals surface area contributed by atoms with E-state index in [1.54, 1.807) is 11.9 Å². The van der Waals surface area contributed by atoms with E-state index in [1.165, 1.54) is 6.33 Å². The third-order valence-electron chi connectivity index (χ3n) is 5.56. The number of nitrogens with two attached hydrogens (primary N) is 1. The molecule has 1 fully saturated rings. The zero-order valence-electron chi connectivity index (χ0n) is 16.7. The second-order valence-corrected chi connectivity index (χ2v) is 7.58. The number of carbonyl (C=O) groups is 1. The second-order valence-electron chi connectivity index (χ2n) is 7.58. The van der Waals surface area contributed by atoms with Crippen LogP contribution in [0.15, 0.2) is 47.2 Å². The van der Waals surface area contributed by atoms with Crippen LogP contribution in [0.2, 0.25) is 0 Å². The molecule has 4 aromatic rings. The van der Waals surface area contributed by atoms with Crippen molar-refractivity contribution in [1.82, 2.24) is 25.0 Å². The minimum atomic E-state index is -0.257. The number of benzene rings is 1. The van der Waals surface area contributed by atoms with E-state index in [0.717, 1.165) is 40.9 Å². The first kappa shape index (κ1) is 18.2. The van der Waals surface area contributed by atoms with E-state index in [2.05, 4.69) is 20.1 Å². The van der Waals surface area contributed by atoms with Gasteiger partial charge in [-0.3, -0.25) is 4.79 Å². The zero-order chi connectivity index (χ0) is 20.8. The molecule has 0 spiro atoms. The van der Waals surface area contributed by atoms with Gasteiger partial charge in [-0.15, -0.1) is 0 Å². The first-order valence-electron chi connectivity index (χ1n) is 9.71. The van der Waals surface area contributed by atoms with Gasteiger partial charge in [-0.05, 0) is 31.0 Å². The van der Waals surface area contributed by atoms with Gasteiger partial charge in [0.15, 0.2) is 5.82 Å². The third-order valence-corrected chi connectivity index (χ3v) is 5.56. The largest absolute Gasteiger partial charge is 0.382 e. The van der Waals surface area contributed by atoms with Gasteiger partial charge >= 0.3 is 0 Å². The highest BCUT2D eigenvalue weighted by Crippen LogP contribution is 2.32. The molecule has 8 heteroatoms. The molecule has 1 amide bonds. The van der Waals surface area contributed by atoms with Crippen molar-refractivity contribution in [2.24, 2.45) is 0 Å². The SMILES string of the molecule is Cc1cc(-c2cccc(-c3cc(C4CCN(C)C4=O)on3)c2)nc2c(N)ncnc12. The number of carbonyl (C=O) groups excluding carboxylic acids is 1. The van der Waals surface area contributed by atoms with Gasteiger partial charge in [0, 0.05) is 30.8 Å². The molecular formula is C22H20N6O2.